The van der Waals surface area contributed by atoms with Gasteiger partial charge in [0.15, 0.2) is 0 Å². The highest BCUT2D eigenvalue weighted by molar-refractivity contribution is 9.10. The molecule has 0 saturated carbocycles. The van der Waals surface area contributed by atoms with E-state index >= 15 is 0 Å². The van der Waals surface area contributed by atoms with Crippen LogP contribution in [0.15, 0.2) is 22.8 Å². The Morgan fingerprint density at radius 2 is 2.40 bits per heavy atom. The lowest BCUT2D eigenvalue weighted by atomic mass is 10.1. The molecule has 0 amide bonds. The summed E-state index contributed by atoms with van der Waals surface area (Å²) in [5, 5.41) is 8.99. The standard InChI is InChI=1S/C11H15BrN2O/c12-10-4-1-5-11(13-10)14-7-2-3-9(14)6-8-15/h1,4-5,9,15H,2-3,6-8H2. The molecule has 15 heavy (non-hydrogen) atoms. The first-order valence-electron chi connectivity index (χ1n) is 5.31. The molecule has 0 aliphatic carbocycles. The second-order valence-electron chi connectivity index (χ2n) is 3.82. The van der Waals surface area contributed by atoms with E-state index < -0.39 is 0 Å². The van der Waals surface area contributed by atoms with Gasteiger partial charge in [-0.25, -0.2) is 4.98 Å². The van der Waals surface area contributed by atoms with Gasteiger partial charge in [0.25, 0.3) is 0 Å². The molecular weight excluding hydrogens is 256 g/mol. The first-order valence-corrected chi connectivity index (χ1v) is 6.10. The predicted octanol–water partition coefficient (Wildman–Crippen LogP) is 2.20. The minimum absolute atomic E-state index is 0.259. The van der Waals surface area contributed by atoms with Crippen LogP contribution in [0.1, 0.15) is 19.3 Å². The monoisotopic (exact) mass is 270 g/mol. The second-order valence-corrected chi connectivity index (χ2v) is 4.63. The maximum absolute atomic E-state index is 8.99. The molecule has 1 aliphatic rings. The predicted molar refractivity (Wildman–Crippen MR) is 64.0 cm³/mol. The highest BCUT2D eigenvalue weighted by Gasteiger charge is 2.24. The van der Waals surface area contributed by atoms with Crippen molar-refractivity contribution in [2.24, 2.45) is 0 Å². The zero-order chi connectivity index (χ0) is 10.7. The summed E-state index contributed by atoms with van der Waals surface area (Å²) in [6, 6.07) is 6.42. The first kappa shape index (κ1) is 10.9. The largest absolute Gasteiger partial charge is 0.396 e. The number of hydrogen-bond donors (Lipinski definition) is 1. The van der Waals surface area contributed by atoms with Crippen LogP contribution in [0, 0.1) is 0 Å². The van der Waals surface area contributed by atoms with E-state index in [0.717, 1.165) is 29.8 Å². The SMILES string of the molecule is OCCC1CCCN1c1cccc(Br)n1. The molecule has 1 saturated heterocycles. The minimum atomic E-state index is 0.259. The van der Waals surface area contributed by atoms with Crippen molar-refractivity contribution >= 4 is 21.7 Å². The first-order chi connectivity index (χ1) is 7.31. The molecule has 0 spiro atoms. The average Bonchev–Trinajstić information content (AvgIpc) is 2.66. The molecule has 0 bridgehead atoms. The number of aliphatic hydroxyl groups is 1. The van der Waals surface area contributed by atoms with Crippen molar-refractivity contribution in [3.05, 3.63) is 22.8 Å². The quantitative estimate of drug-likeness (QED) is 0.856. The van der Waals surface area contributed by atoms with Gasteiger partial charge in [-0.15, -0.1) is 0 Å². The highest BCUT2D eigenvalue weighted by Crippen LogP contribution is 2.26. The van der Waals surface area contributed by atoms with Gasteiger partial charge in [-0.2, -0.15) is 0 Å². The van der Waals surface area contributed by atoms with Crippen LogP contribution in [0.3, 0.4) is 0 Å². The van der Waals surface area contributed by atoms with E-state index in [1.54, 1.807) is 0 Å². The van der Waals surface area contributed by atoms with Gasteiger partial charge in [0.2, 0.25) is 0 Å². The zero-order valence-electron chi connectivity index (χ0n) is 8.56. The Bertz CT molecular complexity index is 332. The molecule has 1 atom stereocenters. The summed E-state index contributed by atoms with van der Waals surface area (Å²) >= 11 is 3.38. The molecule has 0 aromatic carbocycles. The highest BCUT2D eigenvalue weighted by atomic mass is 79.9. The maximum Gasteiger partial charge on any atom is 0.130 e. The number of aliphatic hydroxyl groups excluding tert-OH is 1. The van der Waals surface area contributed by atoms with Crippen molar-refractivity contribution in [2.75, 3.05) is 18.1 Å². The van der Waals surface area contributed by atoms with Crippen LogP contribution in [0.5, 0.6) is 0 Å². The van der Waals surface area contributed by atoms with Crippen molar-refractivity contribution < 1.29 is 5.11 Å². The minimum Gasteiger partial charge on any atom is -0.396 e. The fourth-order valence-corrected chi connectivity index (χ4v) is 2.48. The van der Waals surface area contributed by atoms with Crippen molar-refractivity contribution in [1.29, 1.82) is 0 Å². The van der Waals surface area contributed by atoms with Crippen LogP contribution in [-0.2, 0) is 0 Å². The van der Waals surface area contributed by atoms with Crippen LogP contribution in [-0.4, -0.2) is 29.3 Å². The van der Waals surface area contributed by atoms with Gasteiger partial charge in [-0.3, -0.25) is 0 Å². The topological polar surface area (TPSA) is 36.4 Å². The van der Waals surface area contributed by atoms with Crippen molar-refractivity contribution in [3.63, 3.8) is 0 Å². The lowest BCUT2D eigenvalue weighted by molar-refractivity contribution is 0.275. The van der Waals surface area contributed by atoms with E-state index in [2.05, 4.69) is 25.8 Å². The van der Waals surface area contributed by atoms with Gasteiger partial charge in [-0.1, -0.05) is 6.07 Å². The van der Waals surface area contributed by atoms with Crippen LogP contribution in [0.25, 0.3) is 0 Å². The number of nitrogens with zero attached hydrogens (tertiary/aromatic N) is 2. The van der Waals surface area contributed by atoms with Crippen LogP contribution >= 0.6 is 15.9 Å². The Kier molecular flexibility index (Phi) is 3.59. The molecule has 4 heteroatoms. The van der Waals surface area contributed by atoms with Crippen LogP contribution in [0.4, 0.5) is 5.82 Å². The third-order valence-electron chi connectivity index (χ3n) is 2.83. The van der Waals surface area contributed by atoms with E-state index in [1.165, 1.54) is 6.42 Å². The number of halogens is 1. The molecule has 2 heterocycles. The molecule has 1 aromatic rings. The fraction of sp³-hybridized carbons (Fsp3) is 0.545. The molecule has 1 aromatic heterocycles. The van der Waals surface area contributed by atoms with Gasteiger partial charge >= 0.3 is 0 Å². The Balaban J connectivity index is 2.15. The Labute approximate surface area is 98.3 Å². The molecule has 1 unspecified atom stereocenters. The number of pyridine rings is 1. The summed E-state index contributed by atoms with van der Waals surface area (Å²) < 4.78 is 0.870. The van der Waals surface area contributed by atoms with Crippen LogP contribution < -0.4 is 4.90 Å². The third kappa shape index (κ3) is 2.49. The van der Waals surface area contributed by atoms with Crippen molar-refractivity contribution in [1.82, 2.24) is 4.98 Å². The van der Waals surface area contributed by atoms with E-state index in [1.807, 2.05) is 18.2 Å². The van der Waals surface area contributed by atoms with Gasteiger partial charge in [-0.05, 0) is 47.3 Å². The summed E-state index contributed by atoms with van der Waals surface area (Å²) in [5.41, 5.74) is 0. The Morgan fingerprint density at radius 3 is 3.13 bits per heavy atom. The lowest BCUT2D eigenvalue weighted by Gasteiger charge is -2.25. The van der Waals surface area contributed by atoms with Gasteiger partial charge in [0, 0.05) is 19.2 Å². The number of anilines is 1. The van der Waals surface area contributed by atoms with E-state index in [0.29, 0.717) is 6.04 Å². The Morgan fingerprint density at radius 1 is 1.53 bits per heavy atom. The maximum atomic E-state index is 8.99. The van der Waals surface area contributed by atoms with Gasteiger partial charge < -0.3 is 10.0 Å². The number of hydrogen-bond acceptors (Lipinski definition) is 3. The van der Waals surface area contributed by atoms with Crippen molar-refractivity contribution in [2.45, 2.75) is 25.3 Å². The second kappa shape index (κ2) is 4.94. The molecule has 3 nitrogen and oxygen atoms in total. The molecule has 82 valence electrons. The fourth-order valence-electron chi connectivity index (χ4n) is 2.14. The van der Waals surface area contributed by atoms with Crippen molar-refractivity contribution in [3.8, 4) is 0 Å². The van der Waals surface area contributed by atoms with E-state index in [9.17, 15) is 0 Å². The third-order valence-corrected chi connectivity index (χ3v) is 3.28. The smallest absolute Gasteiger partial charge is 0.130 e. The average molecular weight is 271 g/mol. The summed E-state index contributed by atoms with van der Waals surface area (Å²) in [6.45, 7) is 1.31. The van der Waals surface area contributed by atoms with E-state index in [-0.39, 0.29) is 6.61 Å². The zero-order valence-corrected chi connectivity index (χ0v) is 10.2. The lowest BCUT2D eigenvalue weighted by Crippen LogP contribution is -2.30. The molecule has 1 aliphatic heterocycles. The molecule has 0 radical (unpaired) electrons. The summed E-state index contributed by atoms with van der Waals surface area (Å²) in [4.78, 5) is 6.74. The summed E-state index contributed by atoms with van der Waals surface area (Å²) in [6.07, 6.45) is 3.20. The number of rotatable bonds is 3. The van der Waals surface area contributed by atoms with Gasteiger partial charge in [0.05, 0.1) is 0 Å². The molecule has 1 fully saturated rings. The number of aromatic nitrogens is 1. The molecule has 1 N–H and O–H groups in total. The van der Waals surface area contributed by atoms with E-state index in [4.69, 9.17) is 5.11 Å². The molecule has 2 rings (SSSR count). The van der Waals surface area contributed by atoms with Gasteiger partial charge in [0.1, 0.15) is 10.4 Å². The summed E-state index contributed by atoms with van der Waals surface area (Å²) in [5.74, 6) is 1.01. The normalized spacial score (nSPS) is 20.9. The van der Waals surface area contributed by atoms with Crippen LogP contribution in [0.2, 0.25) is 0 Å². The molecular formula is C11H15BrN2O. The summed E-state index contributed by atoms with van der Waals surface area (Å²) in [7, 11) is 0. The Hall–Kier alpha value is -0.610.